The van der Waals surface area contributed by atoms with Gasteiger partial charge in [-0.2, -0.15) is 0 Å². The number of hydrogen-bond acceptors (Lipinski definition) is 4. The van der Waals surface area contributed by atoms with Crippen molar-refractivity contribution in [2.75, 3.05) is 0 Å². The van der Waals surface area contributed by atoms with E-state index in [1.54, 1.807) is 32.6 Å². The maximum Gasteiger partial charge on any atom is 0.408 e. The average molecular weight is 490 g/mol. The van der Waals surface area contributed by atoms with E-state index in [4.69, 9.17) is 4.74 Å². The minimum absolute atomic E-state index is 0.232. The second kappa shape index (κ2) is 12.4. The molecule has 3 unspecified atom stereocenters. The quantitative estimate of drug-likeness (QED) is 0.478. The monoisotopic (exact) mass is 489 g/mol. The number of rotatable bonds is 9. The van der Waals surface area contributed by atoms with Gasteiger partial charge in [-0.15, -0.1) is 0 Å². The van der Waals surface area contributed by atoms with E-state index < -0.39 is 29.3 Å². The summed E-state index contributed by atoms with van der Waals surface area (Å²) < 4.78 is 5.35. The lowest BCUT2D eigenvalue weighted by atomic mass is 9.95. The lowest BCUT2D eigenvalue weighted by Gasteiger charge is -2.39. The minimum atomic E-state index is -0.874. The highest BCUT2D eigenvalue weighted by Crippen LogP contribution is 2.28. The van der Waals surface area contributed by atoms with E-state index in [0.717, 1.165) is 24.0 Å². The summed E-state index contributed by atoms with van der Waals surface area (Å²) in [4.78, 5) is 41.6. The third-order valence-electron chi connectivity index (χ3n) is 5.38. The third kappa shape index (κ3) is 10.7. The smallest absolute Gasteiger partial charge is 0.408 e. The highest BCUT2D eigenvalue weighted by Gasteiger charge is 2.38. The Kier molecular flexibility index (Phi) is 10.8. The molecule has 35 heavy (non-hydrogen) atoms. The summed E-state index contributed by atoms with van der Waals surface area (Å²) in [6, 6.07) is 5.72. The zero-order valence-electron chi connectivity index (χ0n) is 23.6. The number of ether oxygens (including phenoxy) is 1. The number of amides is 3. The van der Waals surface area contributed by atoms with Gasteiger partial charge in [0.1, 0.15) is 17.7 Å². The molecule has 7 nitrogen and oxygen atoms in total. The normalized spacial score (nSPS) is 14.6. The van der Waals surface area contributed by atoms with Gasteiger partial charge >= 0.3 is 6.09 Å². The Hall–Kier alpha value is -2.57. The van der Waals surface area contributed by atoms with Gasteiger partial charge in [0.25, 0.3) is 0 Å². The highest BCUT2D eigenvalue weighted by molar-refractivity contribution is 5.92. The van der Waals surface area contributed by atoms with Crippen LogP contribution >= 0.6 is 0 Å². The Bertz CT molecular complexity index is 868. The molecule has 1 aromatic carbocycles. The molecule has 0 bridgehead atoms. The van der Waals surface area contributed by atoms with Crippen LogP contribution < -0.4 is 10.6 Å². The van der Waals surface area contributed by atoms with Gasteiger partial charge in [-0.3, -0.25) is 9.59 Å². The molecule has 0 aliphatic heterocycles. The molecule has 0 aromatic heterocycles. The van der Waals surface area contributed by atoms with E-state index in [2.05, 4.69) is 24.5 Å². The first-order chi connectivity index (χ1) is 15.9. The maximum absolute atomic E-state index is 13.9. The lowest BCUT2D eigenvalue weighted by molar-refractivity contribution is -0.145. The Balaban J connectivity index is 3.47. The predicted molar refractivity (Wildman–Crippen MR) is 141 cm³/mol. The molecule has 0 saturated carbocycles. The van der Waals surface area contributed by atoms with E-state index in [-0.39, 0.29) is 17.9 Å². The van der Waals surface area contributed by atoms with E-state index in [1.807, 2.05) is 58.9 Å². The van der Waals surface area contributed by atoms with Crippen LogP contribution in [0.25, 0.3) is 0 Å². The molecule has 1 aromatic rings. The van der Waals surface area contributed by atoms with Gasteiger partial charge in [0.2, 0.25) is 11.8 Å². The van der Waals surface area contributed by atoms with Crippen LogP contribution in [0.2, 0.25) is 0 Å². The summed E-state index contributed by atoms with van der Waals surface area (Å²) in [7, 11) is 0. The van der Waals surface area contributed by atoms with Crippen LogP contribution in [0, 0.1) is 12.8 Å². The summed E-state index contributed by atoms with van der Waals surface area (Å²) in [5.41, 5.74) is 0.572. The van der Waals surface area contributed by atoms with Crippen molar-refractivity contribution in [3.63, 3.8) is 0 Å². The number of nitrogens with one attached hydrogen (secondary N) is 2. The van der Waals surface area contributed by atoms with Gasteiger partial charge < -0.3 is 20.3 Å². The van der Waals surface area contributed by atoms with E-state index >= 15 is 0 Å². The zero-order chi connectivity index (χ0) is 27.1. The fraction of sp³-hybridized carbons (Fsp3) is 0.679. The van der Waals surface area contributed by atoms with Gasteiger partial charge in [-0.05, 0) is 86.6 Å². The first-order valence-electron chi connectivity index (χ1n) is 12.6. The zero-order valence-corrected chi connectivity index (χ0v) is 23.6. The first-order valence-corrected chi connectivity index (χ1v) is 12.6. The topological polar surface area (TPSA) is 87.7 Å². The second-order valence-corrected chi connectivity index (χ2v) is 12.0. The molecular formula is C28H47N3O4. The fourth-order valence-electron chi connectivity index (χ4n) is 3.80. The molecule has 0 aliphatic carbocycles. The summed E-state index contributed by atoms with van der Waals surface area (Å²) in [6.45, 7) is 20.9. The minimum Gasteiger partial charge on any atom is -0.444 e. The molecule has 0 fully saturated rings. The molecule has 3 amide bonds. The number of carbonyl (C=O) groups excluding carboxylic acids is 3. The summed E-state index contributed by atoms with van der Waals surface area (Å²) in [6.07, 6.45) is 0.966. The summed E-state index contributed by atoms with van der Waals surface area (Å²) in [5, 5.41) is 5.72. The maximum atomic E-state index is 13.9. The molecule has 0 saturated heterocycles. The molecule has 1 rings (SSSR count). The lowest BCUT2D eigenvalue weighted by Crippen LogP contribution is -2.56. The average Bonchev–Trinajstić information content (AvgIpc) is 2.66. The number of hydrogen-bond donors (Lipinski definition) is 2. The Morgan fingerprint density at radius 3 is 2.06 bits per heavy atom. The Morgan fingerprint density at radius 2 is 1.57 bits per heavy atom. The third-order valence-corrected chi connectivity index (χ3v) is 5.38. The van der Waals surface area contributed by atoms with Gasteiger partial charge in [-0.25, -0.2) is 4.79 Å². The van der Waals surface area contributed by atoms with Crippen LogP contribution in [-0.4, -0.2) is 46.0 Å². The van der Waals surface area contributed by atoms with Crippen LogP contribution in [0.5, 0.6) is 0 Å². The SMILES string of the molecule is Cc1cccc(C(C(=O)NC(C)(C)C)N(C(=O)C(C)NC(=O)OC(C)(C)C)C(C)CCC(C)C)c1. The van der Waals surface area contributed by atoms with Gasteiger partial charge in [0.05, 0.1) is 0 Å². The van der Waals surface area contributed by atoms with Crippen LogP contribution in [0.4, 0.5) is 4.79 Å². The van der Waals surface area contributed by atoms with Gasteiger partial charge in [0.15, 0.2) is 0 Å². The molecule has 0 radical (unpaired) electrons. The summed E-state index contributed by atoms with van der Waals surface area (Å²) in [5.74, 6) is -0.132. The molecule has 198 valence electrons. The van der Waals surface area contributed by atoms with Gasteiger partial charge in [-0.1, -0.05) is 43.7 Å². The molecule has 0 aliphatic rings. The summed E-state index contributed by atoms with van der Waals surface area (Å²) >= 11 is 0. The van der Waals surface area contributed by atoms with Crippen molar-refractivity contribution in [2.24, 2.45) is 5.92 Å². The van der Waals surface area contributed by atoms with Crippen molar-refractivity contribution in [3.8, 4) is 0 Å². The first kappa shape index (κ1) is 30.5. The van der Waals surface area contributed by atoms with E-state index in [1.165, 1.54) is 0 Å². The van der Waals surface area contributed by atoms with Crippen molar-refractivity contribution in [1.29, 1.82) is 0 Å². The Morgan fingerprint density at radius 1 is 0.971 bits per heavy atom. The molecule has 7 heteroatoms. The molecular weight excluding hydrogens is 442 g/mol. The van der Waals surface area contributed by atoms with Crippen molar-refractivity contribution in [3.05, 3.63) is 35.4 Å². The van der Waals surface area contributed by atoms with Crippen molar-refractivity contribution in [1.82, 2.24) is 15.5 Å². The number of aryl methyl sites for hydroxylation is 1. The highest BCUT2D eigenvalue weighted by atomic mass is 16.6. The van der Waals surface area contributed by atoms with Crippen LogP contribution in [0.3, 0.4) is 0 Å². The number of alkyl carbamates (subject to hydrolysis) is 1. The number of benzene rings is 1. The fourth-order valence-corrected chi connectivity index (χ4v) is 3.80. The van der Waals surface area contributed by atoms with Crippen LogP contribution in [0.1, 0.15) is 99.2 Å². The van der Waals surface area contributed by atoms with Crippen molar-refractivity contribution in [2.45, 2.75) is 118 Å². The predicted octanol–water partition coefficient (Wildman–Crippen LogP) is 5.52. The number of carbonyl (C=O) groups is 3. The molecule has 0 spiro atoms. The van der Waals surface area contributed by atoms with Crippen LogP contribution in [0.15, 0.2) is 24.3 Å². The van der Waals surface area contributed by atoms with E-state index in [0.29, 0.717) is 5.92 Å². The largest absolute Gasteiger partial charge is 0.444 e. The second-order valence-electron chi connectivity index (χ2n) is 12.0. The van der Waals surface area contributed by atoms with Crippen molar-refractivity contribution >= 4 is 17.9 Å². The van der Waals surface area contributed by atoms with E-state index in [9.17, 15) is 14.4 Å². The molecule has 3 atom stereocenters. The van der Waals surface area contributed by atoms with Crippen LogP contribution in [-0.2, 0) is 14.3 Å². The molecule has 2 N–H and O–H groups in total. The number of nitrogens with zero attached hydrogens (tertiary/aromatic N) is 1. The van der Waals surface area contributed by atoms with Gasteiger partial charge in [0, 0.05) is 11.6 Å². The van der Waals surface area contributed by atoms with Crippen molar-refractivity contribution < 1.29 is 19.1 Å². The standard InChI is InChI=1S/C28H47N3O4/c1-18(2)15-16-20(4)31(25(33)21(5)29-26(34)35-28(9,10)11)23(24(32)30-27(6,7)8)22-14-12-13-19(3)17-22/h12-14,17-18,20-21,23H,15-16H2,1-11H3,(H,29,34)(H,30,32). The molecule has 0 heterocycles. The Labute approximate surface area is 212 Å².